The molecule has 0 unspecified atom stereocenters. The molecule has 0 radical (unpaired) electrons. The van der Waals surface area contributed by atoms with Crippen LogP contribution in [0.5, 0.6) is 0 Å². The van der Waals surface area contributed by atoms with Gasteiger partial charge in [0.2, 0.25) is 0 Å². The third-order valence-corrected chi connectivity index (χ3v) is 6.27. The number of nitrogens with zero attached hydrogens (tertiary/aromatic N) is 2. The lowest BCUT2D eigenvalue weighted by atomic mass is 10.1. The molecule has 0 spiro atoms. The van der Waals surface area contributed by atoms with Gasteiger partial charge in [0.25, 0.3) is 0 Å². The maximum absolute atomic E-state index is 12.6. The molecular formula is C14H15ClN2O2S. The van der Waals surface area contributed by atoms with Crippen LogP contribution in [-0.2, 0) is 29.1 Å². The van der Waals surface area contributed by atoms with Gasteiger partial charge in [-0.2, -0.15) is 5.10 Å². The van der Waals surface area contributed by atoms with Gasteiger partial charge in [-0.3, -0.25) is 4.68 Å². The quantitative estimate of drug-likeness (QED) is 0.876. The van der Waals surface area contributed by atoms with Crippen LogP contribution in [0.3, 0.4) is 0 Å². The van der Waals surface area contributed by atoms with E-state index in [4.69, 9.17) is 11.6 Å². The molecule has 1 aliphatic carbocycles. The monoisotopic (exact) mass is 310 g/mol. The van der Waals surface area contributed by atoms with E-state index in [0.29, 0.717) is 17.1 Å². The maximum atomic E-state index is 12.6. The van der Waals surface area contributed by atoms with Crippen LogP contribution in [0.25, 0.3) is 0 Å². The van der Waals surface area contributed by atoms with Crippen LogP contribution in [-0.4, -0.2) is 18.2 Å². The predicted molar refractivity (Wildman–Crippen MR) is 78.3 cm³/mol. The van der Waals surface area contributed by atoms with E-state index in [1.54, 1.807) is 24.0 Å². The SMILES string of the molecule is Cn1nccc1CS(=O)(=O)[C@@H]1CCc2c(Cl)cccc21. The Morgan fingerprint density at radius 1 is 1.40 bits per heavy atom. The van der Waals surface area contributed by atoms with E-state index in [0.717, 1.165) is 17.5 Å². The number of hydrogen-bond donors (Lipinski definition) is 0. The fourth-order valence-corrected chi connectivity index (χ4v) is 5.05. The third-order valence-electron chi connectivity index (χ3n) is 3.86. The van der Waals surface area contributed by atoms with Crippen molar-refractivity contribution in [3.05, 3.63) is 52.3 Å². The van der Waals surface area contributed by atoms with Crippen LogP contribution in [0.4, 0.5) is 0 Å². The normalized spacial score (nSPS) is 18.2. The molecule has 1 heterocycles. The van der Waals surface area contributed by atoms with Gasteiger partial charge in [-0.25, -0.2) is 8.42 Å². The number of sulfone groups is 1. The average molecular weight is 311 g/mol. The highest BCUT2D eigenvalue weighted by atomic mass is 35.5. The minimum absolute atomic E-state index is 0.0140. The first-order chi connectivity index (χ1) is 9.49. The van der Waals surface area contributed by atoms with Gasteiger partial charge in [-0.15, -0.1) is 0 Å². The number of rotatable bonds is 3. The fraction of sp³-hybridized carbons (Fsp3) is 0.357. The molecule has 20 heavy (non-hydrogen) atoms. The molecule has 1 aromatic carbocycles. The maximum Gasteiger partial charge on any atom is 0.162 e. The second-order valence-electron chi connectivity index (χ2n) is 5.09. The van der Waals surface area contributed by atoms with E-state index in [1.807, 2.05) is 18.2 Å². The van der Waals surface area contributed by atoms with Crippen LogP contribution < -0.4 is 0 Å². The summed E-state index contributed by atoms with van der Waals surface area (Å²) < 4.78 is 26.9. The van der Waals surface area contributed by atoms with E-state index < -0.39 is 15.1 Å². The van der Waals surface area contributed by atoms with Crippen molar-refractivity contribution < 1.29 is 8.42 Å². The molecule has 6 heteroatoms. The Balaban J connectivity index is 1.95. The smallest absolute Gasteiger partial charge is 0.162 e. The summed E-state index contributed by atoms with van der Waals surface area (Å²) in [4.78, 5) is 0. The standard InChI is InChI=1S/C14H15ClN2O2S/c1-17-10(7-8-16-17)9-20(18,19)14-6-5-11-12(14)3-2-4-13(11)15/h2-4,7-8,14H,5-6,9H2,1H3/t14-/m1/s1. The molecule has 0 fully saturated rings. The minimum Gasteiger partial charge on any atom is -0.272 e. The summed E-state index contributed by atoms with van der Waals surface area (Å²) in [6, 6.07) is 7.25. The largest absolute Gasteiger partial charge is 0.272 e. The third kappa shape index (κ3) is 2.25. The molecule has 0 amide bonds. The molecule has 1 atom stereocenters. The molecule has 3 rings (SSSR count). The lowest BCUT2D eigenvalue weighted by molar-refractivity contribution is 0.576. The van der Waals surface area contributed by atoms with Crippen molar-refractivity contribution >= 4 is 21.4 Å². The molecule has 0 bridgehead atoms. The summed E-state index contributed by atoms with van der Waals surface area (Å²) in [7, 11) is -1.50. The summed E-state index contributed by atoms with van der Waals surface area (Å²) in [5, 5.41) is 4.23. The topological polar surface area (TPSA) is 52.0 Å². The zero-order chi connectivity index (χ0) is 14.3. The Kier molecular flexibility index (Phi) is 3.34. The Hall–Kier alpha value is -1.33. The van der Waals surface area contributed by atoms with Gasteiger partial charge < -0.3 is 0 Å². The number of hydrogen-bond acceptors (Lipinski definition) is 3. The van der Waals surface area contributed by atoms with E-state index >= 15 is 0 Å². The molecule has 4 nitrogen and oxygen atoms in total. The fourth-order valence-electron chi connectivity index (χ4n) is 2.79. The Morgan fingerprint density at radius 3 is 2.90 bits per heavy atom. The zero-order valence-corrected chi connectivity index (χ0v) is 12.7. The Morgan fingerprint density at radius 2 is 2.20 bits per heavy atom. The lowest BCUT2D eigenvalue weighted by Gasteiger charge is -2.13. The number of halogens is 1. The van der Waals surface area contributed by atoms with E-state index in [1.165, 1.54) is 0 Å². The van der Waals surface area contributed by atoms with Crippen molar-refractivity contribution in [3.63, 3.8) is 0 Å². The highest BCUT2D eigenvalue weighted by Crippen LogP contribution is 2.41. The summed E-state index contributed by atoms with van der Waals surface area (Å²) >= 11 is 6.14. The lowest BCUT2D eigenvalue weighted by Crippen LogP contribution is -2.15. The van der Waals surface area contributed by atoms with E-state index in [9.17, 15) is 8.42 Å². The Labute approximate surface area is 123 Å². The first kappa shape index (κ1) is 13.6. The van der Waals surface area contributed by atoms with Crippen molar-refractivity contribution in [2.45, 2.75) is 23.8 Å². The molecule has 0 N–H and O–H groups in total. The van der Waals surface area contributed by atoms with E-state index in [2.05, 4.69) is 5.10 Å². The second-order valence-corrected chi connectivity index (χ2v) is 7.68. The van der Waals surface area contributed by atoms with Gasteiger partial charge in [0.15, 0.2) is 9.84 Å². The molecular weight excluding hydrogens is 296 g/mol. The van der Waals surface area contributed by atoms with Crippen LogP contribution in [0, 0.1) is 0 Å². The van der Waals surface area contributed by atoms with Gasteiger partial charge in [-0.05, 0) is 36.1 Å². The number of benzene rings is 1. The Bertz CT molecular complexity index is 752. The van der Waals surface area contributed by atoms with Gasteiger partial charge in [0.05, 0.1) is 16.7 Å². The first-order valence-electron chi connectivity index (χ1n) is 6.45. The molecule has 2 aromatic rings. The highest BCUT2D eigenvalue weighted by Gasteiger charge is 2.34. The van der Waals surface area contributed by atoms with Crippen molar-refractivity contribution in [1.82, 2.24) is 9.78 Å². The molecule has 0 aliphatic heterocycles. The van der Waals surface area contributed by atoms with Gasteiger partial charge >= 0.3 is 0 Å². The van der Waals surface area contributed by atoms with Crippen LogP contribution >= 0.6 is 11.6 Å². The highest BCUT2D eigenvalue weighted by molar-refractivity contribution is 7.90. The number of aryl methyl sites for hydroxylation is 1. The van der Waals surface area contributed by atoms with Crippen LogP contribution in [0.1, 0.15) is 28.5 Å². The summed E-state index contributed by atoms with van der Waals surface area (Å²) in [6.45, 7) is 0. The van der Waals surface area contributed by atoms with Crippen molar-refractivity contribution in [1.29, 1.82) is 0 Å². The minimum atomic E-state index is -3.26. The summed E-state index contributed by atoms with van der Waals surface area (Å²) in [5.41, 5.74) is 2.55. The number of fused-ring (bicyclic) bond motifs is 1. The molecule has 1 aromatic heterocycles. The van der Waals surface area contributed by atoms with Crippen molar-refractivity contribution in [2.75, 3.05) is 0 Å². The van der Waals surface area contributed by atoms with Crippen LogP contribution in [0.15, 0.2) is 30.5 Å². The number of aromatic nitrogens is 2. The zero-order valence-electron chi connectivity index (χ0n) is 11.1. The molecule has 1 aliphatic rings. The van der Waals surface area contributed by atoms with Crippen molar-refractivity contribution in [3.8, 4) is 0 Å². The van der Waals surface area contributed by atoms with Gasteiger partial charge in [0, 0.05) is 18.3 Å². The van der Waals surface area contributed by atoms with Gasteiger partial charge in [0.1, 0.15) is 0 Å². The van der Waals surface area contributed by atoms with E-state index in [-0.39, 0.29) is 5.75 Å². The molecule has 0 saturated heterocycles. The molecule has 106 valence electrons. The van der Waals surface area contributed by atoms with Gasteiger partial charge in [-0.1, -0.05) is 23.7 Å². The second kappa shape index (κ2) is 4.90. The molecule has 0 saturated carbocycles. The van der Waals surface area contributed by atoms with Crippen LogP contribution in [0.2, 0.25) is 5.02 Å². The summed E-state index contributed by atoms with van der Waals surface area (Å²) in [6.07, 6.45) is 2.95. The summed E-state index contributed by atoms with van der Waals surface area (Å²) in [5.74, 6) is 0.0140. The average Bonchev–Trinajstić information content (AvgIpc) is 2.97. The predicted octanol–water partition coefficient (Wildman–Crippen LogP) is 2.68. The van der Waals surface area contributed by atoms with Crippen molar-refractivity contribution in [2.24, 2.45) is 7.05 Å². The first-order valence-corrected chi connectivity index (χ1v) is 8.54.